The first-order valence-corrected chi connectivity index (χ1v) is 5.84. The average molecular weight is 309 g/mol. The van der Waals surface area contributed by atoms with E-state index in [0.717, 1.165) is 25.2 Å². The van der Waals surface area contributed by atoms with Gasteiger partial charge in [0.05, 0.1) is 19.1 Å². The van der Waals surface area contributed by atoms with Crippen LogP contribution in [0.1, 0.15) is 31.7 Å². The number of hydrogen-bond donors (Lipinski definition) is 0. The molecule has 17 heavy (non-hydrogen) atoms. The molecule has 0 N–H and O–H groups in total. The van der Waals surface area contributed by atoms with E-state index < -0.39 is 0 Å². The van der Waals surface area contributed by atoms with E-state index >= 15 is 0 Å². The molecular formula is C13H18NO2Y-. The Hall–Kier alpha value is 0.0139. The molecule has 1 radical (unpaired) electrons. The second kappa shape index (κ2) is 7.45. The van der Waals surface area contributed by atoms with Crippen molar-refractivity contribution in [1.82, 2.24) is 4.98 Å². The van der Waals surface area contributed by atoms with Crippen molar-refractivity contribution in [2.75, 3.05) is 19.8 Å². The fourth-order valence-electron chi connectivity index (χ4n) is 1.67. The maximum absolute atomic E-state index is 5.60. The summed E-state index contributed by atoms with van der Waals surface area (Å²) in [6.45, 7) is 6.63. The summed E-state index contributed by atoms with van der Waals surface area (Å²) in [7, 11) is 0. The van der Waals surface area contributed by atoms with Crippen LogP contribution in [0.15, 0.2) is 12.3 Å². The molecule has 0 saturated carbocycles. The van der Waals surface area contributed by atoms with Gasteiger partial charge < -0.3 is 14.5 Å². The van der Waals surface area contributed by atoms with Crippen molar-refractivity contribution in [3.8, 4) is 5.88 Å². The summed E-state index contributed by atoms with van der Waals surface area (Å²) >= 11 is 0. The van der Waals surface area contributed by atoms with Crippen LogP contribution in [0, 0.1) is 12.0 Å². The molecule has 0 amide bonds. The van der Waals surface area contributed by atoms with Crippen molar-refractivity contribution in [2.24, 2.45) is 5.92 Å². The van der Waals surface area contributed by atoms with E-state index in [1.807, 2.05) is 12.3 Å². The van der Waals surface area contributed by atoms with Gasteiger partial charge in [-0.1, -0.05) is 20.0 Å². The molecule has 0 aromatic carbocycles. The number of hydrogen-bond acceptors (Lipinski definition) is 3. The summed E-state index contributed by atoms with van der Waals surface area (Å²) in [6.07, 6.45) is 2.93. The number of nitrogens with zero attached hydrogens (tertiary/aromatic N) is 1. The topological polar surface area (TPSA) is 31.4 Å². The molecule has 1 atom stereocenters. The predicted molar refractivity (Wildman–Crippen MR) is 61.6 cm³/mol. The van der Waals surface area contributed by atoms with Crippen molar-refractivity contribution in [3.63, 3.8) is 0 Å². The van der Waals surface area contributed by atoms with E-state index in [9.17, 15) is 0 Å². The molecule has 1 fully saturated rings. The van der Waals surface area contributed by atoms with Crippen molar-refractivity contribution in [2.45, 2.75) is 26.2 Å². The fourth-order valence-corrected chi connectivity index (χ4v) is 1.67. The van der Waals surface area contributed by atoms with Gasteiger partial charge in [-0.25, -0.2) is 0 Å². The minimum Gasteiger partial charge on any atom is -0.534 e. The first-order valence-electron chi connectivity index (χ1n) is 5.84. The van der Waals surface area contributed by atoms with Crippen LogP contribution in [0.4, 0.5) is 0 Å². The van der Waals surface area contributed by atoms with E-state index in [2.05, 4.69) is 24.9 Å². The normalized spacial score (nSPS) is 19.1. The molecule has 1 saturated heterocycles. The Balaban J connectivity index is 0.00000144. The third-order valence-electron chi connectivity index (χ3n) is 2.81. The van der Waals surface area contributed by atoms with Gasteiger partial charge in [-0.3, -0.25) is 0 Å². The monoisotopic (exact) mass is 309 g/mol. The van der Waals surface area contributed by atoms with Gasteiger partial charge >= 0.3 is 0 Å². The molecule has 2 rings (SSSR count). The Labute approximate surface area is 128 Å². The molecule has 4 heteroatoms. The van der Waals surface area contributed by atoms with Crippen LogP contribution in [0.5, 0.6) is 5.88 Å². The molecule has 2 heterocycles. The number of pyridine rings is 1. The fraction of sp³-hybridized carbons (Fsp3) is 0.615. The standard InChI is InChI=1S/C13H18NO2.Y/c1-10(2)12-3-4-13(14-7-12)16-9-11-5-6-15-8-11;/h4,7,10-11H,5-6,8-9H2,1-2H3;/q-1;. The van der Waals surface area contributed by atoms with Crippen LogP contribution < -0.4 is 4.74 Å². The van der Waals surface area contributed by atoms with Crippen molar-refractivity contribution >= 4 is 0 Å². The molecule has 1 aromatic heterocycles. The second-order valence-corrected chi connectivity index (χ2v) is 4.54. The van der Waals surface area contributed by atoms with Gasteiger partial charge in [0.2, 0.25) is 0 Å². The summed E-state index contributed by atoms with van der Waals surface area (Å²) in [5, 5.41) is 0. The molecule has 1 aromatic rings. The van der Waals surface area contributed by atoms with Gasteiger partial charge in [0, 0.05) is 45.2 Å². The molecular weight excluding hydrogens is 291 g/mol. The van der Waals surface area contributed by atoms with Crippen molar-refractivity contribution in [3.05, 3.63) is 23.9 Å². The van der Waals surface area contributed by atoms with Gasteiger partial charge in [-0.15, -0.1) is 11.6 Å². The third kappa shape index (κ3) is 4.65. The first kappa shape index (κ1) is 15.1. The van der Waals surface area contributed by atoms with E-state index in [-0.39, 0.29) is 32.7 Å². The van der Waals surface area contributed by atoms with Crippen LogP contribution in [-0.4, -0.2) is 24.8 Å². The SMILES string of the molecule is CC(C)c1[c-]cc(OCC2CCOC2)nc1.[Y]. The van der Waals surface area contributed by atoms with Crippen LogP contribution in [0.2, 0.25) is 0 Å². The van der Waals surface area contributed by atoms with E-state index in [1.165, 1.54) is 0 Å². The molecule has 91 valence electrons. The summed E-state index contributed by atoms with van der Waals surface area (Å²) in [6, 6.07) is 5.02. The van der Waals surface area contributed by atoms with Gasteiger partial charge in [0.1, 0.15) is 0 Å². The van der Waals surface area contributed by atoms with Crippen LogP contribution in [0.3, 0.4) is 0 Å². The zero-order chi connectivity index (χ0) is 11.4. The van der Waals surface area contributed by atoms with Gasteiger partial charge in [0.15, 0.2) is 0 Å². The number of rotatable bonds is 4. The van der Waals surface area contributed by atoms with E-state index in [0.29, 0.717) is 24.3 Å². The Morgan fingerprint density at radius 1 is 1.59 bits per heavy atom. The van der Waals surface area contributed by atoms with Gasteiger partial charge in [-0.05, 0) is 12.3 Å². The smallest absolute Gasteiger partial charge is 0.0968 e. The summed E-state index contributed by atoms with van der Waals surface area (Å²) < 4.78 is 10.9. The van der Waals surface area contributed by atoms with Crippen molar-refractivity contribution < 1.29 is 42.2 Å². The predicted octanol–water partition coefficient (Wildman–Crippen LogP) is 2.42. The van der Waals surface area contributed by atoms with Crippen LogP contribution in [-0.2, 0) is 37.4 Å². The first-order chi connectivity index (χ1) is 7.75. The van der Waals surface area contributed by atoms with E-state index in [1.54, 1.807) is 0 Å². The maximum Gasteiger partial charge on any atom is 0.0968 e. The van der Waals surface area contributed by atoms with E-state index in [4.69, 9.17) is 9.47 Å². The number of aromatic nitrogens is 1. The molecule has 0 spiro atoms. The Kier molecular flexibility index (Phi) is 6.60. The molecule has 1 unspecified atom stereocenters. The van der Waals surface area contributed by atoms with Gasteiger partial charge in [-0.2, -0.15) is 6.07 Å². The Morgan fingerprint density at radius 3 is 2.94 bits per heavy atom. The molecule has 1 aliphatic heterocycles. The Morgan fingerprint density at radius 2 is 2.41 bits per heavy atom. The van der Waals surface area contributed by atoms with Crippen molar-refractivity contribution in [1.29, 1.82) is 0 Å². The zero-order valence-electron chi connectivity index (χ0n) is 10.5. The molecule has 3 nitrogen and oxygen atoms in total. The summed E-state index contributed by atoms with van der Waals surface area (Å²) in [5.74, 6) is 1.65. The maximum atomic E-state index is 5.60. The zero-order valence-corrected chi connectivity index (χ0v) is 13.3. The number of ether oxygens (including phenoxy) is 2. The quantitative estimate of drug-likeness (QED) is 0.801. The largest absolute Gasteiger partial charge is 0.534 e. The minimum absolute atomic E-state index is 0. The van der Waals surface area contributed by atoms with Crippen LogP contribution in [0.25, 0.3) is 0 Å². The van der Waals surface area contributed by atoms with Gasteiger partial charge in [0.25, 0.3) is 0 Å². The van der Waals surface area contributed by atoms with Crippen LogP contribution >= 0.6 is 0 Å². The third-order valence-corrected chi connectivity index (χ3v) is 2.81. The second-order valence-electron chi connectivity index (χ2n) is 4.54. The molecule has 0 aliphatic carbocycles. The Bertz CT molecular complexity index is 321. The summed E-state index contributed by atoms with van der Waals surface area (Å²) in [4.78, 5) is 4.27. The molecule has 0 bridgehead atoms. The summed E-state index contributed by atoms with van der Waals surface area (Å²) in [5.41, 5.74) is 1.12. The molecule has 1 aliphatic rings. The average Bonchev–Trinajstić information content (AvgIpc) is 2.80. The minimum atomic E-state index is 0.